The minimum Gasteiger partial charge on any atom is -0.369 e. The van der Waals surface area contributed by atoms with Crippen LogP contribution in [0.4, 0.5) is 5.69 Å². The quantitative estimate of drug-likeness (QED) is 0.809. The number of nitrogens with one attached hydrogen (secondary N) is 1. The summed E-state index contributed by atoms with van der Waals surface area (Å²) in [6, 6.07) is 11.0. The van der Waals surface area contributed by atoms with Gasteiger partial charge in [-0.25, -0.2) is 0 Å². The smallest absolute Gasteiger partial charge is 0.220 e. The second-order valence-corrected chi connectivity index (χ2v) is 8.13. The van der Waals surface area contributed by atoms with Crippen molar-refractivity contribution < 1.29 is 4.79 Å². The van der Waals surface area contributed by atoms with E-state index in [0.29, 0.717) is 5.92 Å². The van der Waals surface area contributed by atoms with Gasteiger partial charge in [0.1, 0.15) is 0 Å². The Bertz CT molecular complexity index is 534. The maximum atomic E-state index is 12.2. The van der Waals surface area contributed by atoms with E-state index in [2.05, 4.69) is 52.4 Å². The molecule has 4 nitrogen and oxygen atoms in total. The summed E-state index contributed by atoms with van der Waals surface area (Å²) in [6.07, 6.45) is 8.24. The second-order valence-electron chi connectivity index (χ2n) is 8.13. The number of rotatable bonds is 7. The zero-order chi connectivity index (χ0) is 18.2. The molecule has 1 aliphatic heterocycles. The molecule has 1 aliphatic carbocycles. The Morgan fingerprint density at radius 1 is 1.08 bits per heavy atom. The molecule has 2 aliphatic rings. The minimum absolute atomic E-state index is 0.262. The number of amides is 1. The summed E-state index contributed by atoms with van der Waals surface area (Å²) < 4.78 is 0. The van der Waals surface area contributed by atoms with E-state index < -0.39 is 0 Å². The van der Waals surface area contributed by atoms with Crippen LogP contribution in [0, 0.1) is 5.92 Å². The fraction of sp³-hybridized carbons (Fsp3) is 0.682. The molecule has 4 heteroatoms. The predicted octanol–water partition coefficient (Wildman–Crippen LogP) is 3.67. The lowest BCUT2D eigenvalue weighted by molar-refractivity contribution is -0.122. The van der Waals surface area contributed by atoms with Crippen LogP contribution in [0.15, 0.2) is 30.3 Å². The highest BCUT2D eigenvalue weighted by Crippen LogP contribution is 2.26. The van der Waals surface area contributed by atoms with Gasteiger partial charge in [-0.2, -0.15) is 0 Å². The maximum Gasteiger partial charge on any atom is 0.220 e. The van der Waals surface area contributed by atoms with Crippen molar-refractivity contribution in [2.45, 2.75) is 57.9 Å². The molecule has 2 fully saturated rings. The van der Waals surface area contributed by atoms with Crippen LogP contribution >= 0.6 is 0 Å². The molecule has 0 spiro atoms. The third kappa shape index (κ3) is 6.01. The van der Waals surface area contributed by atoms with Crippen molar-refractivity contribution in [2.24, 2.45) is 5.92 Å². The van der Waals surface area contributed by atoms with Crippen LogP contribution in [-0.2, 0) is 4.79 Å². The van der Waals surface area contributed by atoms with Gasteiger partial charge in [0.2, 0.25) is 5.91 Å². The number of nitrogens with zero attached hydrogens (tertiary/aromatic N) is 2. The molecule has 0 radical (unpaired) electrons. The van der Waals surface area contributed by atoms with E-state index in [9.17, 15) is 4.79 Å². The fourth-order valence-corrected chi connectivity index (χ4v) is 4.30. The standard InChI is InChI=1S/C22H35N3O/c1-19(23-22(26)18-20-8-4-2-5-9-20)12-13-24-14-16-25(17-15-24)21-10-6-3-7-11-21/h3,6-7,10-11,19-20H,2,4-5,8-9,12-18H2,1H3,(H,23,26)/t19-/m0/s1. The second kappa shape index (κ2) is 9.96. The Labute approximate surface area is 158 Å². The highest BCUT2D eigenvalue weighted by atomic mass is 16.1. The van der Waals surface area contributed by atoms with Crippen LogP contribution in [0.1, 0.15) is 51.9 Å². The van der Waals surface area contributed by atoms with Crippen molar-refractivity contribution in [3.05, 3.63) is 30.3 Å². The zero-order valence-corrected chi connectivity index (χ0v) is 16.3. The molecule has 1 N–H and O–H groups in total. The van der Waals surface area contributed by atoms with Gasteiger partial charge in [0.15, 0.2) is 0 Å². The van der Waals surface area contributed by atoms with Crippen molar-refractivity contribution in [3.63, 3.8) is 0 Å². The molecule has 1 heterocycles. The molecular formula is C22H35N3O. The molecule has 26 heavy (non-hydrogen) atoms. The van der Waals surface area contributed by atoms with Crippen LogP contribution in [0.2, 0.25) is 0 Å². The molecule has 1 saturated heterocycles. The molecule has 1 atom stereocenters. The van der Waals surface area contributed by atoms with Gasteiger partial charge in [0.25, 0.3) is 0 Å². The van der Waals surface area contributed by atoms with Crippen molar-refractivity contribution in [1.29, 1.82) is 0 Å². The first-order valence-corrected chi connectivity index (χ1v) is 10.5. The Hall–Kier alpha value is -1.55. The molecular weight excluding hydrogens is 322 g/mol. The summed E-state index contributed by atoms with van der Waals surface area (Å²) in [5, 5.41) is 3.23. The first-order chi connectivity index (χ1) is 12.7. The van der Waals surface area contributed by atoms with Gasteiger partial charge in [-0.1, -0.05) is 37.5 Å². The summed E-state index contributed by atoms with van der Waals surface area (Å²) >= 11 is 0. The van der Waals surface area contributed by atoms with Gasteiger partial charge >= 0.3 is 0 Å². The van der Waals surface area contributed by atoms with E-state index in [1.54, 1.807) is 0 Å². The molecule has 1 aromatic rings. The lowest BCUT2D eigenvalue weighted by atomic mass is 9.87. The van der Waals surface area contributed by atoms with Crippen molar-refractivity contribution in [3.8, 4) is 0 Å². The van der Waals surface area contributed by atoms with E-state index in [1.807, 2.05) is 0 Å². The van der Waals surface area contributed by atoms with E-state index in [0.717, 1.165) is 45.6 Å². The molecule has 1 amide bonds. The Kier molecular flexibility index (Phi) is 7.36. The summed E-state index contributed by atoms with van der Waals surface area (Å²) in [5.41, 5.74) is 1.33. The highest BCUT2D eigenvalue weighted by Gasteiger charge is 2.20. The average Bonchev–Trinajstić information content (AvgIpc) is 2.68. The molecule has 0 bridgehead atoms. The average molecular weight is 358 g/mol. The van der Waals surface area contributed by atoms with E-state index in [4.69, 9.17) is 0 Å². The van der Waals surface area contributed by atoms with Crippen LogP contribution in [-0.4, -0.2) is 49.6 Å². The van der Waals surface area contributed by atoms with E-state index >= 15 is 0 Å². The van der Waals surface area contributed by atoms with Crippen LogP contribution in [0.25, 0.3) is 0 Å². The number of anilines is 1. The Morgan fingerprint density at radius 2 is 1.77 bits per heavy atom. The molecule has 144 valence electrons. The normalized spacial score (nSPS) is 20.7. The number of carbonyl (C=O) groups excluding carboxylic acids is 1. The largest absolute Gasteiger partial charge is 0.369 e. The summed E-state index contributed by atoms with van der Waals surface area (Å²) in [4.78, 5) is 17.2. The van der Waals surface area contributed by atoms with Crippen molar-refractivity contribution in [2.75, 3.05) is 37.6 Å². The fourth-order valence-electron chi connectivity index (χ4n) is 4.30. The van der Waals surface area contributed by atoms with Crippen LogP contribution in [0.3, 0.4) is 0 Å². The van der Waals surface area contributed by atoms with Gasteiger partial charge < -0.3 is 10.2 Å². The van der Waals surface area contributed by atoms with Gasteiger partial charge in [-0.05, 0) is 44.2 Å². The number of hydrogen-bond donors (Lipinski definition) is 1. The maximum absolute atomic E-state index is 12.2. The molecule has 0 aromatic heterocycles. The van der Waals surface area contributed by atoms with Crippen molar-refractivity contribution in [1.82, 2.24) is 10.2 Å². The third-order valence-corrected chi connectivity index (χ3v) is 5.98. The van der Waals surface area contributed by atoms with Crippen LogP contribution < -0.4 is 10.2 Å². The Morgan fingerprint density at radius 3 is 2.46 bits per heavy atom. The first kappa shape index (κ1) is 19.2. The van der Waals surface area contributed by atoms with E-state index in [-0.39, 0.29) is 11.9 Å². The van der Waals surface area contributed by atoms with Crippen LogP contribution in [0.5, 0.6) is 0 Å². The van der Waals surface area contributed by atoms with Crippen molar-refractivity contribution >= 4 is 11.6 Å². The molecule has 1 aromatic carbocycles. The third-order valence-electron chi connectivity index (χ3n) is 5.98. The van der Waals surface area contributed by atoms with E-state index in [1.165, 1.54) is 37.8 Å². The monoisotopic (exact) mass is 357 g/mol. The zero-order valence-electron chi connectivity index (χ0n) is 16.3. The summed E-state index contributed by atoms with van der Waals surface area (Å²) in [7, 11) is 0. The lowest BCUT2D eigenvalue weighted by Gasteiger charge is -2.36. The Balaban J connectivity index is 1.31. The number of benzene rings is 1. The van der Waals surface area contributed by atoms with Gasteiger partial charge in [-0.15, -0.1) is 0 Å². The number of piperazine rings is 1. The molecule has 0 unspecified atom stereocenters. The predicted molar refractivity (Wildman–Crippen MR) is 109 cm³/mol. The molecule has 1 saturated carbocycles. The SMILES string of the molecule is C[C@@H](CCN1CCN(c2ccccc2)CC1)NC(=O)CC1CCCCC1. The number of carbonyl (C=O) groups is 1. The highest BCUT2D eigenvalue weighted by molar-refractivity contribution is 5.76. The topological polar surface area (TPSA) is 35.6 Å². The summed E-state index contributed by atoms with van der Waals surface area (Å²) in [5.74, 6) is 0.889. The van der Waals surface area contributed by atoms with Gasteiger partial charge in [0, 0.05) is 50.9 Å². The number of para-hydroxylation sites is 1. The first-order valence-electron chi connectivity index (χ1n) is 10.5. The molecule has 3 rings (SSSR count). The minimum atomic E-state index is 0.262. The summed E-state index contributed by atoms with van der Waals surface area (Å²) in [6.45, 7) is 7.63. The van der Waals surface area contributed by atoms with Gasteiger partial charge in [0.05, 0.1) is 0 Å². The van der Waals surface area contributed by atoms with Gasteiger partial charge in [-0.3, -0.25) is 9.69 Å². The number of hydrogen-bond acceptors (Lipinski definition) is 3. The lowest BCUT2D eigenvalue weighted by Crippen LogP contribution is -2.47.